The molecule has 2 aliphatic heterocycles. The summed E-state index contributed by atoms with van der Waals surface area (Å²) >= 11 is 0. The summed E-state index contributed by atoms with van der Waals surface area (Å²) < 4.78 is 28.4. The van der Waals surface area contributed by atoms with E-state index in [1.807, 2.05) is 6.07 Å². The Morgan fingerprint density at radius 2 is 1.78 bits per heavy atom. The van der Waals surface area contributed by atoms with Crippen molar-refractivity contribution in [1.82, 2.24) is 0 Å². The molecule has 2 aromatic carbocycles. The number of phenols is 1. The summed E-state index contributed by atoms with van der Waals surface area (Å²) in [5, 5.41) is 50.6. The second-order valence-corrected chi connectivity index (χ2v) is 9.11. The van der Waals surface area contributed by atoms with Crippen LogP contribution in [0.25, 0.3) is 0 Å². The van der Waals surface area contributed by atoms with Crippen LogP contribution in [0, 0.1) is 0 Å². The molecule has 4 rings (SSSR count). The number of hydrogen-bond donors (Lipinski definition) is 5. The molecule has 0 aliphatic carbocycles. The first kappa shape index (κ1) is 26.5. The topological polar surface area (TPSA) is 147 Å². The molecule has 2 heterocycles. The molecule has 1 fully saturated rings. The zero-order chi connectivity index (χ0) is 26.0. The lowest BCUT2D eigenvalue weighted by Gasteiger charge is -2.40. The number of aryl methyl sites for hydroxylation is 1. The summed E-state index contributed by atoms with van der Waals surface area (Å²) in [7, 11) is 2.87. The van der Waals surface area contributed by atoms with Gasteiger partial charge in [0.25, 0.3) is 0 Å². The van der Waals surface area contributed by atoms with Crippen molar-refractivity contribution < 1.29 is 49.2 Å². The van der Waals surface area contributed by atoms with Gasteiger partial charge in [0.15, 0.2) is 23.0 Å². The Labute approximate surface area is 209 Å². The predicted molar refractivity (Wildman–Crippen MR) is 127 cm³/mol. The average molecular weight is 507 g/mol. The molecule has 2 aliphatic rings. The van der Waals surface area contributed by atoms with Crippen LogP contribution in [-0.2, 0) is 15.9 Å². The molecule has 198 valence electrons. The van der Waals surface area contributed by atoms with Crippen molar-refractivity contribution in [1.29, 1.82) is 0 Å². The third-order valence-corrected chi connectivity index (χ3v) is 6.80. The zero-order valence-electron chi connectivity index (χ0n) is 20.5. The van der Waals surface area contributed by atoms with Crippen LogP contribution in [0.4, 0.5) is 0 Å². The fourth-order valence-corrected chi connectivity index (χ4v) is 4.85. The maximum Gasteiger partial charge on any atom is 0.229 e. The number of aromatic hydroxyl groups is 1. The number of methoxy groups -OCH3 is 2. The second-order valence-electron chi connectivity index (χ2n) is 9.11. The van der Waals surface area contributed by atoms with Gasteiger partial charge in [-0.1, -0.05) is 12.1 Å². The minimum absolute atomic E-state index is 0.0132. The lowest BCUT2D eigenvalue weighted by atomic mass is 9.90. The molecule has 36 heavy (non-hydrogen) atoms. The molecule has 5 N–H and O–H groups in total. The van der Waals surface area contributed by atoms with Gasteiger partial charge in [-0.15, -0.1) is 0 Å². The highest BCUT2D eigenvalue weighted by molar-refractivity contribution is 5.55. The van der Waals surface area contributed by atoms with Gasteiger partial charge in [0.2, 0.25) is 6.29 Å². The first-order valence-corrected chi connectivity index (χ1v) is 12.0. The molecule has 2 aromatic rings. The smallest absolute Gasteiger partial charge is 0.229 e. The molecule has 10 heteroatoms. The van der Waals surface area contributed by atoms with Crippen molar-refractivity contribution in [2.24, 2.45) is 0 Å². The maximum absolute atomic E-state index is 10.6. The summed E-state index contributed by atoms with van der Waals surface area (Å²) in [6, 6.07) is 8.62. The minimum atomic E-state index is -1.24. The van der Waals surface area contributed by atoms with Gasteiger partial charge in [-0.05, 0) is 49.1 Å². The molecule has 0 amide bonds. The molecule has 0 radical (unpaired) electrons. The van der Waals surface area contributed by atoms with Crippen molar-refractivity contribution >= 4 is 0 Å². The van der Waals surface area contributed by atoms with Gasteiger partial charge in [-0.2, -0.15) is 0 Å². The molecule has 7 unspecified atom stereocenters. The molecule has 0 saturated carbocycles. The number of aliphatic hydroxyl groups is 4. The molecular formula is C26H34O10. The summed E-state index contributed by atoms with van der Waals surface area (Å²) in [5.41, 5.74) is 2.24. The van der Waals surface area contributed by atoms with E-state index in [2.05, 4.69) is 0 Å². The van der Waals surface area contributed by atoms with Gasteiger partial charge in [0, 0.05) is 19.3 Å². The monoisotopic (exact) mass is 506 g/mol. The van der Waals surface area contributed by atoms with Gasteiger partial charge >= 0.3 is 0 Å². The third-order valence-electron chi connectivity index (χ3n) is 6.80. The van der Waals surface area contributed by atoms with Crippen LogP contribution in [-0.4, -0.2) is 83.7 Å². The van der Waals surface area contributed by atoms with Gasteiger partial charge in [0.05, 0.1) is 25.7 Å². The van der Waals surface area contributed by atoms with Crippen LogP contribution in [0.15, 0.2) is 30.3 Å². The van der Waals surface area contributed by atoms with Crippen molar-refractivity contribution in [2.75, 3.05) is 27.4 Å². The summed E-state index contributed by atoms with van der Waals surface area (Å²) in [4.78, 5) is 0. The number of fused-ring (bicyclic) bond motifs is 1. The SMILES string of the molecule is COc1cc(C2Oc3c(O)cc(CCCO)cc3C2CO)ccc1OC1OC(C)C(O)C(OC)C1O. The van der Waals surface area contributed by atoms with Gasteiger partial charge < -0.3 is 49.2 Å². The normalized spacial score (nSPS) is 29.5. The highest BCUT2D eigenvalue weighted by atomic mass is 16.7. The van der Waals surface area contributed by atoms with Crippen molar-refractivity contribution in [3.05, 3.63) is 47.0 Å². The van der Waals surface area contributed by atoms with E-state index in [4.69, 9.17) is 28.8 Å². The molecule has 7 atom stereocenters. The van der Waals surface area contributed by atoms with E-state index < -0.39 is 42.7 Å². The largest absolute Gasteiger partial charge is 0.504 e. The average Bonchev–Trinajstić information content (AvgIpc) is 3.25. The Bertz CT molecular complexity index is 1040. The summed E-state index contributed by atoms with van der Waals surface area (Å²) in [5.74, 6) is 0.530. The molecule has 0 bridgehead atoms. The quantitative estimate of drug-likeness (QED) is 0.338. The Morgan fingerprint density at radius 1 is 1.00 bits per heavy atom. The number of rotatable bonds is 9. The van der Waals surface area contributed by atoms with E-state index in [0.717, 1.165) is 5.56 Å². The minimum Gasteiger partial charge on any atom is -0.504 e. The number of phenolic OH excluding ortho intramolecular Hbond substituents is 1. The fraction of sp³-hybridized carbons (Fsp3) is 0.538. The fourth-order valence-electron chi connectivity index (χ4n) is 4.85. The molecule has 0 aromatic heterocycles. The Hall–Kier alpha value is -2.60. The second kappa shape index (κ2) is 11.2. The van der Waals surface area contributed by atoms with Crippen molar-refractivity contribution in [3.8, 4) is 23.0 Å². The number of ether oxygens (including phenoxy) is 5. The van der Waals surface area contributed by atoms with E-state index in [1.165, 1.54) is 14.2 Å². The van der Waals surface area contributed by atoms with E-state index in [0.29, 0.717) is 41.2 Å². The van der Waals surface area contributed by atoms with E-state index in [-0.39, 0.29) is 19.0 Å². The van der Waals surface area contributed by atoms with Crippen LogP contribution >= 0.6 is 0 Å². The first-order valence-electron chi connectivity index (χ1n) is 12.0. The standard InChI is InChI=1S/C26H34O10/c1-13-21(30)25(33-3)22(31)26(34-13)35-19-7-6-15(11-20(19)32-2)23-17(12-28)16-9-14(5-4-8-27)10-18(29)24(16)36-23/h6-7,9-11,13,17,21-23,25-31H,4-5,8,12H2,1-3H3. The lowest BCUT2D eigenvalue weighted by Crippen LogP contribution is -2.59. The number of hydrogen-bond acceptors (Lipinski definition) is 10. The summed E-state index contributed by atoms with van der Waals surface area (Å²) in [6.45, 7) is 1.50. The highest BCUT2D eigenvalue weighted by Crippen LogP contribution is 2.51. The van der Waals surface area contributed by atoms with Gasteiger partial charge in [0.1, 0.15) is 24.4 Å². The van der Waals surface area contributed by atoms with Crippen LogP contribution < -0.4 is 14.2 Å². The van der Waals surface area contributed by atoms with Crippen molar-refractivity contribution in [3.63, 3.8) is 0 Å². The molecule has 10 nitrogen and oxygen atoms in total. The van der Waals surface area contributed by atoms with E-state index in [1.54, 1.807) is 31.2 Å². The maximum atomic E-state index is 10.6. The van der Waals surface area contributed by atoms with Gasteiger partial charge in [-0.25, -0.2) is 0 Å². The molecule has 1 saturated heterocycles. The lowest BCUT2D eigenvalue weighted by molar-refractivity contribution is -0.273. The van der Waals surface area contributed by atoms with E-state index >= 15 is 0 Å². The Morgan fingerprint density at radius 3 is 2.44 bits per heavy atom. The Balaban J connectivity index is 1.58. The highest BCUT2D eigenvalue weighted by Gasteiger charge is 2.45. The van der Waals surface area contributed by atoms with E-state index in [9.17, 15) is 20.4 Å². The van der Waals surface area contributed by atoms with Crippen molar-refractivity contribution in [2.45, 2.75) is 62.5 Å². The van der Waals surface area contributed by atoms with Crippen LogP contribution in [0.3, 0.4) is 0 Å². The van der Waals surface area contributed by atoms with Crippen LogP contribution in [0.1, 0.15) is 42.1 Å². The van der Waals surface area contributed by atoms with Crippen LogP contribution in [0.5, 0.6) is 23.0 Å². The molecular weight excluding hydrogens is 472 g/mol. The number of benzene rings is 2. The third kappa shape index (κ3) is 4.97. The number of aliphatic hydroxyl groups excluding tert-OH is 4. The Kier molecular flexibility index (Phi) is 8.23. The van der Waals surface area contributed by atoms with Crippen LogP contribution in [0.2, 0.25) is 0 Å². The molecule has 0 spiro atoms. The first-order chi connectivity index (χ1) is 17.3. The van der Waals surface area contributed by atoms with Gasteiger partial charge in [-0.3, -0.25) is 0 Å². The summed E-state index contributed by atoms with van der Waals surface area (Å²) in [6.07, 6.45) is -4.28. The zero-order valence-corrected chi connectivity index (χ0v) is 20.5. The predicted octanol–water partition coefficient (Wildman–Crippen LogP) is 1.40.